The maximum Gasteiger partial charge on any atom is 0.407 e. The van der Waals surface area contributed by atoms with Crippen LogP contribution in [0.15, 0.2) is 18.2 Å². The molecule has 1 aromatic rings. The molecule has 20 heavy (non-hydrogen) atoms. The summed E-state index contributed by atoms with van der Waals surface area (Å²) in [5.74, 6) is -1.10. The fourth-order valence-electron chi connectivity index (χ4n) is 1.42. The second-order valence-corrected chi connectivity index (χ2v) is 5.16. The number of hydrogen-bond donors (Lipinski definition) is 4. The Labute approximate surface area is 116 Å². The van der Waals surface area contributed by atoms with Crippen molar-refractivity contribution >= 4 is 11.9 Å². The summed E-state index contributed by atoms with van der Waals surface area (Å²) in [6.07, 6.45) is -0.591. The average molecular weight is 283 g/mol. The highest BCUT2D eigenvalue weighted by Gasteiger charge is 2.16. The maximum atomic E-state index is 13.6. The molecule has 0 aliphatic rings. The van der Waals surface area contributed by atoms with Crippen LogP contribution in [0.1, 0.15) is 31.9 Å². The van der Waals surface area contributed by atoms with Gasteiger partial charge in [-0.15, -0.1) is 0 Å². The van der Waals surface area contributed by atoms with E-state index >= 15 is 0 Å². The number of rotatable bonds is 3. The average Bonchev–Trinajstić information content (AvgIpc) is 2.33. The zero-order valence-corrected chi connectivity index (χ0v) is 11.6. The Balaban J connectivity index is 2.64. The Morgan fingerprint density at radius 3 is 2.60 bits per heavy atom. The van der Waals surface area contributed by atoms with Crippen molar-refractivity contribution in [1.29, 1.82) is 5.41 Å². The van der Waals surface area contributed by atoms with Crippen LogP contribution in [0.2, 0.25) is 0 Å². The maximum absolute atomic E-state index is 13.6. The van der Waals surface area contributed by atoms with Crippen LogP contribution in [-0.2, 0) is 11.3 Å². The summed E-state index contributed by atoms with van der Waals surface area (Å²) in [5, 5.41) is 18.3. The molecule has 1 aromatic carbocycles. The van der Waals surface area contributed by atoms with Crippen LogP contribution in [0.5, 0.6) is 0 Å². The number of amidine groups is 1. The number of amides is 1. The number of ether oxygens (including phenoxy) is 1. The minimum absolute atomic E-state index is 0.0616. The summed E-state index contributed by atoms with van der Waals surface area (Å²) in [4.78, 5) is 11.4. The van der Waals surface area contributed by atoms with Gasteiger partial charge in [-0.2, -0.15) is 0 Å². The molecule has 0 unspecified atom stereocenters. The molecule has 0 aromatic heterocycles. The summed E-state index contributed by atoms with van der Waals surface area (Å²) in [7, 11) is 0. The van der Waals surface area contributed by atoms with Gasteiger partial charge in [0, 0.05) is 6.54 Å². The van der Waals surface area contributed by atoms with E-state index in [1.165, 1.54) is 12.1 Å². The van der Waals surface area contributed by atoms with Crippen molar-refractivity contribution < 1.29 is 19.1 Å². The molecule has 110 valence electrons. The Morgan fingerprint density at radius 1 is 1.45 bits per heavy atom. The number of hydroxylamine groups is 1. The quantitative estimate of drug-likeness (QED) is 0.388. The molecule has 0 heterocycles. The van der Waals surface area contributed by atoms with Crippen LogP contribution in [0.4, 0.5) is 9.18 Å². The molecule has 1 rings (SSSR count). The monoisotopic (exact) mass is 283 g/mol. The van der Waals surface area contributed by atoms with Gasteiger partial charge in [-0.3, -0.25) is 16.1 Å². The molecule has 0 bridgehead atoms. The van der Waals surface area contributed by atoms with Crippen LogP contribution < -0.4 is 10.8 Å². The van der Waals surface area contributed by atoms with Crippen LogP contribution in [-0.4, -0.2) is 22.7 Å². The van der Waals surface area contributed by atoms with Crippen molar-refractivity contribution in [3.05, 3.63) is 35.1 Å². The third-order valence-electron chi connectivity index (χ3n) is 2.25. The van der Waals surface area contributed by atoms with Gasteiger partial charge in [0.2, 0.25) is 0 Å². The normalized spacial score (nSPS) is 10.8. The van der Waals surface area contributed by atoms with E-state index in [0.29, 0.717) is 5.56 Å². The van der Waals surface area contributed by atoms with E-state index in [1.807, 2.05) is 0 Å². The number of alkyl carbamates (subject to hydrolysis) is 1. The first-order valence-electron chi connectivity index (χ1n) is 5.97. The topological polar surface area (TPSA) is 94.4 Å². The van der Waals surface area contributed by atoms with E-state index in [0.717, 1.165) is 0 Å². The van der Waals surface area contributed by atoms with Gasteiger partial charge in [0.1, 0.15) is 11.4 Å². The molecule has 0 fully saturated rings. The number of hydrogen-bond acceptors (Lipinski definition) is 4. The van der Waals surface area contributed by atoms with E-state index in [9.17, 15) is 9.18 Å². The molecule has 0 aliphatic heterocycles. The summed E-state index contributed by atoms with van der Waals surface area (Å²) < 4.78 is 18.7. The van der Waals surface area contributed by atoms with E-state index < -0.39 is 23.3 Å². The number of nitrogens with one attached hydrogen (secondary N) is 3. The minimum Gasteiger partial charge on any atom is -0.444 e. The van der Waals surface area contributed by atoms with Crippen LogP contribution in [0.25, 0.3) is 0 Å². The van der Waals surface area contributed by atoms with E-state index in [4.69, 9.17) is 15.4 Å². The van der Waals surface area contributed by atoms with Crippen molar-refractivity contribution in [3.8, 4) is 0 Å². The number of benzene rings is 1. The first-order valence-corrected chi connectivity index (χ1v) is 5.97. The second-order valence-electron chi connectivity index (χ2n) is 5.16. The first kappa shape index (κ1) is 15.9. The molecule has 0 saturated carbocycles. The Morgan fingerprint density at radius 2 is 2.10 bits per heavy atom. The second kappa shape index (κ2) is 6.33. The van der Waals surface area contributed by atoms with Gasteiger partial charge < -0.3 is 10.1 Å². The summed E-state index contributed by atoms with van der Waals surface area (Å²) >= 11 is 0. The third-order valence-corrected chi connectivity index (χ3v) is 2.25. The molecular weight excluding hydrogens is 265 g/mol. The molecule has 0 spiro atoms. The van der Waals surface area contributed by atoms with Crippen molar-refractivity contribution in [2.45, 2.75) is 32.9 Å². The largest absolute Gasteiger partial charge is 0.444 e. The van der Waals surface area contributed by atoms with Gasteiger partial charge in [-0.1, -0.05) is 6.07 Å². The van der Waals surface area contributed by atoms with E-state index in [-0.39, 0.29) is 12.1 Å². The van der Waals surface area contributed by atoms with Crippen LogP contribution in [0.3, 0.4) is 0 Å². The van der Waals surface area contributed by atoms with Gasteiger partial charge in [0.15, 0.2) is 5.84 Å². The lowest BCUT2D eigenvalue weighted by molar-refractivity contribution is 0.0523. The molecule has 0 atom stereocenters. The van der Waals surface area contributed by atoms with Crippen LogP contribution in [0, 0.1) is 11.2 Å². The lowest BCUT2D eigenvalue weighted by atomic mass is 10.1. The fourth-order valence-corrected chi connectivity index (χ4v) is 1.42. The lowest BCUT2D eigenvalue weighted by Gasteiger charge is -2.19. The van der Waals surface area contributed by atoms with Gasteiger partial charge in [0.05, 0.1) is 5.56 Å². The van der Waals surface area contributed by atoms with E-state index in [2.05, 4.69) is 5.32 Å². The summed E-state index contributed by atoms with van der Waals surface area (Å²) in [5.41, 5.74) is 1.43. The number of halogens is 1. The molecule has 4 N–H and O–H groups in total. The molecule has 0 aliphatic carbocycles. The molecule has 6 nitrogen and oxygen atoms in total. The Hall–Kier alpha value is -2.15. The zero-order valence-electron chi connectivity index (χ0n) is 11.6. The lowest BCUT2D eigenvalue weighted by Crippen LogP contribution is -2.32. The fraction of sp³-hybridized carbons (Fsp3) is 0.385. The SMILES string of the molecule is CC(C)(C)OC(=O)NCc1ccc(C(=N)NO)c(F)c1. The molecular formula is C13H18FN3O3. The highest BCUT2D eigenvalue weighted by Crippen LogP contribution is 2.11. The molecule has 1 amide bonds. The van der Waals surface area contributed by atoms with Crippen molar-refractivity contribution in [2.24, 2.45) is 0 Å². The molecule has 0 saturated heterocycles. The van der Waals surface area contributed by atoms with Crippen LogP contribution >= 0.6 is 0 Å². The van der Waals surface area contributed by atoms with Crippen molar-refractivity contribution in [1.82, 2.24) is 10.8 Å². The van der Waals surface area contributed by atoms with E-state index in [1.54, 1.807) is 32.3 Å². The first-order chi connectivity index (χ1) is 9.23. The zero-order chi connectivity index (χ0) is 15.3. The highest BCUT2D eigenvalue weighted by molar-refractivity contribution is 5.95. The predicted molar refractivity (Wildman–Crippen MR) is 71.2 cm³/mol. The standard InChI is InChI=1S/C13H18FN3O3/c1-13(2,3)20-12(18)16-7-8-4-5-9(10(14)6-8)11(15)17-19/h4-6,19H,7H2,1-3H3,(H2,15,17)(H,16,18). The van der Waals surface area contributed by atoms with Gasteiger partial charge in [-0.25, -0.2) is 9.18 Å². The van der Waals surface area contributed by atoms with Crippen molar-refractivity contribution in [3.63, 3.8) is 0 Å². The van der Waals surface area contributed by atoms with Gasteiger partial charge in [0.25, 0.3) is 0 Å². The summed E-state index contributed by atoms with van der Waals surface area (Å²) in [6.45, 7) is 5.34. The van der Waals surface area contributed by atoms with Gasteiger partial charge in [-0.05, 0) is 38.5 Å². The van der Waals surface area contributed by atoms with Gasteiger partial charge >= 0.3 is 6.09 Å². The minimum atomic E-state index is -0.667. The molecule has 7 heteroatoms. The molecule has 0 radical (unpaired) electrons. The highest BCUT2D eigenvalue weighted by atomic mass is 19.1. The summed E-state index contributed by atoms with van der Waals surface area (Å²) in [6, 6.07) is 4.06. The van der Waals surface area contributed by atoms with Crippen molar-refractivity contribution in [2.75, 3.05) is 0 Å². The Bertz CT molecular complexity index is 512. The number of carbonyl (C=O) groups is 1. The smallest absolute Gasteiger partial charge is 0.407 e. The Kier molecular flexibility index (Phi) is 5.04. The number of carbonyl (C=O) groups excluding carboxylic acids is 1. The predicted octanol–water partition coefficient (Wildman–Crippen LogP) is 2.15. The third kappa shape index (κ3) is 4.85.